The van der Waals surface area contributed by atoms with Gasteiger partial charge in [0, 0.05) is 6.61 Å². The van der Waals surface area contributed by atoms with E-state index in [2.05, 4.69) is 0 Å². The third-order valence-corrected chi connectivity index (χ3v) is 1.52. The topological polar surface area (TPSA) is 75.8 Å². The fourth-order valence-electron chi connectivity index (χ4n) is 0.898. The number of carbonyl (C=O) groups is 1. The third kappa shape index (κ3) is 1.37. The number of carboxylic acid groups (broad SMARTS) is 1. The van der Waals surface area contributed by atoms with E-state index in [0.717, 1.165) is 5.01 Å². The normalized spacial score (nSPS) is 24.7. The first kappa shape index (κ1) is 7.30. The molecule has 1 saturated heterocycles. The summed E-state index contributed by atoms with van der Waals surface area (Å²) in [6, 6.07) is -0.155. The summed E-state index contributed by atoms with van der Waals surface area (Å²) in [6.45, 7) is 1.02. The zero-order chi connectivity index (χ0) is 7.56. The van der Waals surface area contributed by atoms with Gasteiger partial charge in [-0.2, -0.15) is 0 Å². The monoisotopic (exact) mass is 146 g/mol. The molecule has 0 radical (unpaired) electrons. The number of rotatable bonds is 1. The van der Waals surface area contributed by atoms with Crippen molar-refractivity contribution >= 4 is 6.09 Å². The number of amides is 1. The van der Waals surface area contributed by atoms with Crippen molar-refractivity contribution in [3.8, 4) is 0 Å². The van der Waals surface area contributed by atoms with Gasteiger partial charge in [0.25, 0.3) is 0 Å². The van der Waals surface area contributed by atoms with Crippen LogP contribution in [0.15, 0.2) is 0 Å². The molecule has 5 nitrogen and oxygen atoms in total. The summed E-state index contributed by atoms with van der Waals surface area (Å²) in [7, 11) is 0. The molecule has 1 atom stereocenters. The Bertz CT molecular complexity index is 133. The number of nitrogens with zero attached hydrogens (tertiary/aromatic N) is 1. The zero-order valence-electron chi connectivity index (χ0n) is 5.49. The van der Waals surface area contributed by atoms with Crippen LogP contribution >= 0.6 is 0 Å². The lowest BCUT2D eigenvalue weighted by Crippen LogP contribution is -2.45. The molecule has 0 saturated carbocycles. The minimum Gasteiger partial charge on any atom is -0.464 e. The van der Waals surface area contributed by atoms with E-state index in [9.17, 15) is 4.79 Å². The van der Waals surface area contributed by atoms with Crippen LogP contribution in [-0.2, 0) is 4.74 Å². The Morgan fingerprint density at radius 1 is 1.80 bits per heavy atom. The predicted molar refractivity (Wildman–Crippen MR) is 33.3 cm³/mol. The van der Waals surface area contributed by atoms with E-state index in [-0.39, 0.29) is 6.04 Å². The Hall–Kier alpha value is -0.810. The lowest BCUT2D eigenvalue weighted by Gasteiger charge is -2.17. The van der Waals surface area contributed by atoms with Crippen LogP contribution in [0.2, 0.25) is 0 Å². The van der Waals surface area contributed by atoms with E-state index in [1.807, 2.05) is 0 Å². The number of hydrogen-bond acceptors (Lipinski definition) is 3. The molecule has 58 valence electrons. The van der Waals surface area contributed by atoms with Gasteiger partial charge in [-0.3, -0.25) is 0 Å². The highest BCUT2D eigenvalue weighted by Crippen LogP contribution is 2.08. The lowest BCUT2D eigenvalue weighted by atomic mass is 10.3. The Kier molecular flexibility index (Phi) is 2.08. The Balaban J connectivity index is 2.39. The highest BCUT2D eigenvalue weighted by molar-refractivity contribution is 5.64. The molecule has 1 fully saturated rings. The van der Waals surface area contributed by atoms with Crippen molar-refractivity contribution in [3.05, 3.63) is 0 Å². The molecule has 3 N–H and O–H groups in total. The molecule has 0 aromatic heterocycles. The molecule has 0 aliphatic carbocycles. The van der Waals surface area contributed by atoms with Crippen molar-refractivity contribution in [1.82, 2.24) is 5.01 Å². The second-order valence-electron chi connectivity index (χ2n) is 2.21. The molecule has 0 aromatic carbocycles. The van der Waals surface area contributed by atoms with Crippen molar-refractivity contribution in [2.75, 3.05) is 13.2 Å². The summed E-state index contributed by atoms with van der Waals surface area (Å²) in [4.78, 5) is 10.2. The van der Waals surface area contributed by atoms with Crippen LogP contribution in [0.3, 0.4) is 0 Å². The summed E-state index contributed by atoms with van der Waals surface area (Å²) in [5, 5.41) is 9.19. The number of ether oxygens (including phenoxy) is 1. The van der Waals surface area contributed by atoms with Gasteiger partial charge < -0.3 is 9.84 Å². The molecule has 1 aliphatic heterocycles. The summed E-state index contributed by atoms with van der Waals surface area (Å²) >= 11 is 0. The summed E-state index contributed by atoms with van der Waals surface area (Å²) in [6.07, 6.45) is -0.404. The first-order chi connectivity index (χ1) is 4.72. The minimum absolute atomic E-state index is 0.155. The van der Waals surface area contributed by atoms with E-state index in [1.165, 1.54) is 0 Å². The second kappa shape index (κ2) is 2.85. The van der Waals surface area contributed by atoms with E-state index in [0.29, 0.717) is 19.6 Å². The summed E-state index contributed by atoms with van der Waals surface area (Å²) in [5.74, 6) is 5.18. The molecule has 10 heavy (non-hydrogen) atoms. The SMILES string of the molecule is NN(C(=O)O)C1CCOC1. The smallest absolute Gasteiger partial charge is 0.421 e. The fourth-order valence-corrected chi connectivity index (χ4v) is 0.898. The van der Waals surface area contributed by atoms with Gasteiger partial charge in [0.2, 0.25) is 0 Å². The van der Waals surface area contributed by atoms with Gasteiger partial charge in [0.05, 0.1) is 12.6 Å². The maximum Gasteiger partial charge on any atom is 0.421 e. The number of hydrazine groups is 1. The standard InChI is InChI=1S/C5H10N2O3/c6-7(5(8)9)4-1-2-10-3-4/h4H,1-3,6H2,(H,8,9). The summed E-state index contributed by atoms with van der Waals surface area (Å²) in [5.41, 5.74) is 0. The first-order valence-electron chi connectivity index (χ1n) is 3.06. The lowest BCUT2D eigenvalue weighted by molar-refractivity contribution is 0.113. The molecule has 1 rings (SSSR count). The van der Waals surface area contributed by atoms with Gasteiger partial charge in [0.15, 0.2) is 0 Å². The highest BCUT2D eigenvalue weighted by Gasteiger charge is 2.24. The maximum atomic E-state index is 10.2. The highest BCUT2D eigenvalue weighted by atomic mass is 16.5. The van der Waals surface area contributed by atoms with Crippen LogP contribution in [0.4, 0.5) is 4.79 Å². The van der Waals surface area contributed by atoms with E-state index >= 15 is 0 Å². The fraction of sp³-hybridized carbons (Fsp3) is 0.800. The van der Waals surface area contributed by atoms with Crippen molar-refractivity contribution in [2.45, 2.75) is 12.5 Å². The molecule has 0 aromatic rings. The average Bonchev–Trinajstić information content (AvgIpc) is 2.36. The van der Waals surface area contributed by atoms with Crippen LogP contribution in [0.5, 0.6) is 0 Å². The van der Waals surface area contributed by atoms with Crippen molar-refractivity contribution < 1.29 is 14.6 Å². The van der Waals surface area contributed by atoms with Gasteiger partial charge >= 0.3 is 6.09 Å². The maximum absolute atomic E-state index is 10.2. The minimum atomic E-state index is -1.10. The van der Waals surface area contributed by atoms with Gasteiger partial charge in [-0.15, -0.1) is 0 Å². The van der Waals surface area contributed by atoms with Gasteiger partial charge in [-0.05, 0) is 6.42 Å². The largest absolute Gasteiger partial charge is 0.464 e. The molecule has 0 bridgehead atoms. The van der Waals surface area contributed by atoms with Gasteiger partial charge in [-0.1, -0.05) is 0 Å². The van der Waals surface area contributed by atoms with Gasteiger partial charge in [-0.25, -0.2) is 15.6 Å². The molecular weight excluding hydrogens is 136 g/mol. The first-order valence-corrected chi connectivity index (χ1v) is 3.06. The van der Waals surface area contributed by atoms with Crippen molar-refractivity contribution in [2.24, 2.45) is 5.84 Å². The molecule has 0 spiro atoms. The third-order valence-electron chi connectivity index (χ3n) is 1.52. The number of nitrogens with two attached hydrogens (primary N) is 1. The quantitative estimate of drug-likeness (QED) is 0.300. The Labute approximate surface area is 58.3 Å². The van der Waals surface area contributed by atoms with E-state index in [1.54, 1.807) is 0 Å². The van der Waals surface area contributed by atoms with Crippen molar-refractivity contribution in [3.63, 3.8) is 0 Å². The van der Waals surface area contributed by atoms with Crippen LogP contribution in [-0.4, -0.2) is 35.5 Å². The van der Waals surface area contributed by atoms with Crippen LogP contribution < -0.4 is 5.84 Å². The van der Waals surface area contributed by atoms with E-state index < -0.39 is 6.09 Å². The number of hydrogen-bond donors (Lipinski definition) is 2. The molecule has 1 amide bonds. The van der Waals surface area contributed by atoms with Gasteiger partial charge in [0.1, 0.15) is 0 Å². The van der Waals surface area contributed by atoms with Crippen LogP contribution in [0, 0.1) is 0 Å². The molecule has 5 heteroatoms. The second-order valence-corrected chi connectivity index (χ2v) is 2.21. The average molecular weight is 146 g/mol. The molecule has 1 heterocycles. The zero-order valence-corrected chi connectivity index (χ0v) is 5.49. The van der Waals surface area contributed by atoms with E-state index in [4.69, 9.17) is 15.7 Å². The summed E-state index contributed by atoms with van der Waals surface area (Å²) < 4.78 is 4.94. The Morgan fingerprint density at radius 3 is 2.90 bits per heavy atom. The van der Waals surface area contributed by atoms with Crippen LogP contribution in [0.1, 0.15) is 6.42 Å². The van der Waals surface area contributed by atoms with Crippen molar-refractivity contribution in [1.29, 1.82) is 0 Å². The molecule has 1 aliphatic rings. The predicted octanol–water partition coefficient (Wildman–Crippen LogP) is -0.371. The Morgan fingerprint density at radius 2 is 2.50 bits per heavy atom. The molecule has 1 unspecified atom stereocenters. The van der Waals surface area contributed by atoms with Crippen LogP contribution in [0.25, 0.3) is 0 Å². The molecular formula is C5H10N2O3.